The Bertz CT molecular complexity index is 565. The highest BCUT2D eigenvalue weighted by Gasteiger charge is 2.22. The Morgan fingerprint density at radius 3 is 3.05 bits per heavy atom. The van der Waals surface area contributed by atoms with Gasteiger partial charge in [0.25, 0.3) is 10.0 Å². The molecule has 19 heavy (non-hydrogen) atoms. The molecule has 1 aromatic rings. The van der Waals surface area contributed by atoms with E-state index in [9.17, 15) is 8.42 Å². The minimum absolute atomic E-state index is 0.300. The van der Waals surface area contributed by atoms with Crippen LogP contribution >= 0.6 is 0 Å². The fraction of sp³-hybridized carbons (Fsp3) is 0.538. The second-order valence-corrected chi connectivity index (χ2v) is 6.90. The zero-order valence-corrected chi connectivity index (χ0v) is 11.5. The standard InChI is InChI=1S/C13H18N2O3S/c16-19(17)9-18-13-4-3-10(7-12(13)15-19)6-11-2-1-5-14-8-11/h3-4,7,11,14-15H,1-2,5-6,8-9H2. The quantitative estimate of drug-likeness (QED) is 0.858. The zero-order valence-electron chi connectivity index (χ0n) is 10.7. The fourth-order valence-electron chi connectivity index (χ4n) is 2.68. The van der Waals surface area contributed by atoms with Crippen LogP contribution in [0.25, 0.3) is 0 Å². The summed E-state index contributed by atoms with van der Waals surface area (Å²) in [5, 5.41) is 3.39. The highest BCUT2D eigenvalue weighted by Crippen LogP contribution is 2.31. The molecule has 0 bridgehead atoms. The normalized spacial score (nSPS) is 24.9. The molecule has 1 unspecified atom stereocenters. The largest absolute Gasteiger partial charge is 0.474 e. The lowest BCUT2D eigenvalue weighted by Gasteiger charge is -2.24. The second-order valence-electron chi connectivity index (χ2n) is 5.23. The van der Waals surface area contributed by atoms with Crippen molar-refractivity contribution in [3.05, 3.63) is 23.8 Å². The van der Waals surface area contributed by atoms with Crippen molar-refractivity contribution in [2.24, 2.45) is 5.92 Å². The molecule has 1 atom stereocenters. The molecule has 0 saturated carbocycles. The molecule has 1 aromatic carbocycles. The Kier molecular flexibility index (Phi) is 3.36. The molecule has 1 fully saturated rings. The van der Waals surface area contributed by atoms with Crippen LogP contribution in [0.3, 0.4) is 0 Å². The maximum atomic E-state index is 11.5. The number of piperidine rings is 1. The van der Waals surface area contributed by atoms with Crippen LogP contribution in [0.1, 0.15) is 18.4 Å². The highest BCUT2D eigenvalue weighted by molar-refractivity contribution is 7.92. The first kappa shape index (κ1) is 12.7. The van der Waals surface area contributed by atoms with E-state index in [1.54, 1.807) is 0 Å². The van der Waals surface area contributed by atoms with Gasteiger partial charge in [-0.05, 0) is 56.0 Å². The molecule has 3 rings (SSSR count). The highest BCUT2D eigenvalue weighted by atomic mass is 32.2. The van der Waals surface area contributed by atoms with Crippen LogP contribution in [-0.2, 0) is 16.4 Å². The first-order valence-corrected chi connectivity index (χ1v) is 8.24. The van der Waals surface area contributed by atoms with E-state index in [0.717, 1.165) is 25.1 Å². The van der Waals surface area contributed by atoms with Crippen LogP contribution in [0, 0.1) is 5.92 Å². The van der Waals surface area contributed by atoms with Crippen molar-refractivity contribution in [3.8, 4) is 5.75 Å². The molecule has 6 heteroatoms. The summed E-state index contributed by atoms with van der Waals surface area (Å²) in [6, 6.07) is 5.76. The van der Waals surface area contributed by atoms with Gasteiger partial charge < -0.3 is 10.1 Å². The molecule has 5 nitrogen and oxygen atoms in total. The van der Waals surface area contributed by atoms with Gasteiger partial charge in [-0.1, -0.05) is 6.07 Å². The number of ether oxygens (including phenoxy) is 1. The molecular formula is C13H18N2O3S. The average molecular weight is 282 g/mol. The van der Waals surface area contributed by atoms with Crippen LogP contribution < -0.4 is 14.8 Å². The smallest absolute Gasteiger partial charge is 0.268 e. The molecule has 0 amide bonds. The number of rotatable bonds is 2. The number of fused-ring (bicyclic) bond motifs is 1. The van der Waals surface area contributed by atoms with Gasteiger partial charge in [0.05, 0.1) is 5.69 Å². The predicted molar refractivity (Wildman–Crippen MR) is 73.8 cm³/mol. The molecular weight excluding hydrogens is 264 g/mol. The summed E-state index contributed by atoms with van der Waals surface area (Å²) >= 11 is 0. The number of benzene rings is 1. The molecule has 2 aliphatic rings. The molecule has 2 N–H and O–H groups in total. The third-order valence-electron chi connectivity index (χ3n) is 3.60. The maximum Gasteiger partial charge on any atom is 0.268 e. The molecule has 104 valence electrons. The summed E-state index contributed by atoms with van der Waals surface area (Å²) in [5.41, 5.74) is 1.72. The first-order chi connectivity index (χ1) is 9.12. The predicted octanol–water partition coefficient (Wildman–Crippen LogP) is 1.32. The van der Waals surface area contributed by atoms with Gasteiger partial charge in [-0.2, -0.15) is 0 Å². The van der Waals surface area contributed by atoms with E-state index in [2.05, 4.69) is 10.0 Å². The summed E-state index contributed by atoms with van der Waals surface area (Å²) in [6.45, 7) is 2.15. The Morgan fingerprint density at radius 1 is 1.37 bits per heavy atom. The summed E-state index contributed by atoms with van der Waals surface area (Å²) in [7, 11) is -3.33. The maximum absolute atomic E-state index is 11.5. The van der Waals surface area contributed by atoms with Gasteiger partial charge in [-0.15, -0.1) is 0 Å². The second kappa shape index (κ2) is 5.02. The summed E-state index contributed by atoms with van der Waals surface area (Å²) < 4.78 is 30.7. The monoisotopic (exact) mass is 282 g/mol. The van der Waals surface area contributed by atoms with Gasteiger partial charge in [-0.3, -0.25) is 4.72 Å². The number of hydrogen-bond acceptors (Lipinski definition) is 4. The van der Waals surface area contributed by atoms with E-state index in [4.69, 9.17) is 4.74 Å². The SMILES string of the molecule is O=S1(=O)COc2ccc(CC3CCCNC3)cc2N1. The average Bonchev–Trinajstić information content (AvgIpc) is 2.38. The van der Waals surface area contributed by atoms with E-state index in [0.29, 0.717) is 17.4 Å². The number of anilines is 1. The summed E-state index contributed by atoms with van der Waals surface area (Å²) in [6.07, 6.45) is 3.42. The van der Waals surface area contributed by atoms with Crippen LogP contribution in [-0.4, -0.2) is 27.4 Å². The van der Waals surface area contributed by atoms with Crippen molar-refractivity contribution in [2.45, 2.75) is 19.3 Å². The Balaban J connectivity index is 1.77. The fourth-order valence-corrected chi connectivity index (χ4v) is 3.51. The minimum Gasteiger partial charge on any atom is -0.474 e. The van der Waals surface area contributed by atoms with E-state index in [-0.39, 0.29) is 5.94 Å². The van der Waals surface area contributed by atoms with Crippen molar-refractivity contribution in [2.75, 3.05) is 23.8 Å². The van der Waals surface area contributed by atoms with E-state index in [1.807, 2.05) is 18.2 Å². The summed E-state index contributed by atoms with van der Waals surface area (Å²) in [5.74, 6) is 0.944. The Hall–Kier alpha value is -1.27. The van der Waals surface area contributed by atoms with E-state index < -0.39 is 10.0 Å². The van der Waals surface area contributed by atoms with Gasteiger partial charge >= 0.3 is 0 Å². The number of nitrogens with one attached hydrogen (secondary N) is 2. The van der Waals surface area contributed by atoms with Crippen molar-refractivity contribution in [1.82, 2.24) is 5.32 Å². The summed E-state index contributed by atoms with van der Waals surface area (Å²) in [4.78, 5) is 0. The molecule has 0 aromatic heterocycles. The molecule has 0 radical (unpaired) electrons. The molecule has 1 saturated heterocycles. The van der Waals surface area contributed by atoms with E-state index in [1.165, 1.54) is 12.8 Å². The lowest BCUT2D eigenvalue weighted by Crippen LogP contribution is -2.31. The zero-order chi connectivity index (χ0) is 13.3. The van der Waals surface area contributed by atoms with Gasteiger partial charge in [0.2, 0.25) is 5.94 Å². The lowest BCUT2D eigenvalue weighted by atomic mass is 9.92. The van der Waals surface area contributed by atoms with Gasteiger partial charge in [0, 0.05) is 0 Å². The van der Waals surface area contributed by atoms with Crippen molar-refractivity contribution >= 4 is 15.7 Å². The Morgan fingerprint density at radius 2 is 2.26 bits per heavy atom. The first-order valence-electron chi connectivity index (χ1n) is 6.59. The number of sulfonamides is 1. The van der Waals surface area contributed by atoms with Crippen LogP contribution in [0.15, 0.2) is 18.2 Å². The lowest BCUT2D eigenvalue weighted by molar-refractivity contribution is 0.371. The van der Waals surface area contributed by atoms with Gasteiger partial charge in [0.15, 0.2) is 0 Å². The number of hydrogen-bond donors (Lipinski definition) is 2. The van der Waals surface area contributed by atoms with Crippen molar-refractivity contribution in [1.29, 1.82) is 0 Å². The van der Waals surface area contributed by atoms with Crippen molar-refractivity contribution < 1.29 is 13.2 Å². The molecule has 2 aliphatic heterocycles. The topological polar surface area (TPSA) is 67.4 Å². The Labute approximate surface area is 113 Å². The van der Waals surface area contributed by atoms with Crippen molar-refractivity contribution in [3.63, 3.8) is 0 Å². The third-order valence-corrected chi connectivity index (χ3v) is 4.56. The molecule has 0 aliphatic carbocycles. The van der Waals surface area contributed by atoms with Crippen LogP contribution in [0.2, 0.25) is 0 Å². The van der Waals surface area contributed by atoms with Crippen LogP contribution in [0.4, 0.5) is 5.69 Å². The van der Waals surface area contributed by atoms with Gasteiger partial charge in [0.1, 0.15) is 5.75 Å². The van der Waals surface area contributed by atoms with Gasteiger partial charge in [-0.25, -0.2) is 8.42 Å². The third kappa shape index (κ3) is 3.01. The van der Waals surface area contributed by atoms with E-state index >= 15 is 0 Å². The molecule has 2 heterocycles. The minimum atomic E-state index is -3.33. The van der Waals surface area contributed by atoms with Crippen LogP contribution in [0.5, 0.6) is 5.75 Å². The molecule has 0 spiro atoms.